The van der Waals surface area contributed by atoms with E-state index in [-0.39, 0.29) is 5.91 Å². The highest BCUT2D eigenvalue weighted by atomic mass is 35.5. The van der Waals surface area contributed by atoms with Gasteiger partial charge in [-0.2, -0.15) is 0 Å². The molecule has 1 fully saturated rings. The Bertz CT molecular complexity index is 656. The van der Waals surface area contributed by atoms with Crippen molar-refractivity contribution < 1.29 is 4.79 Å². The minimum atomic E-state index is 0.101. The molecule has 3 rings (SSSR count). The van der Waals surface area contributed by atoms with Crippen molar-refractivity contribution in [3.63, 3.8) is 0 Å². The number of amides is 1. The van der Waals surface area contributed by atoms with Gasteiger partial charge in [0.2, 0.25) is 0 Å². The maximum Gasteiger partial charge on any atom is 0.256 e. The van der Waals surface area contributed by atoms with Gasteiger partial charge in [0.1, 0.15) is 0 Å². The number of para-hydroxylation sites is 1. The molecule has 1 aliphatic rings. The number of likely N-dealkylation sites (N-methyl/N-ethyl adjacent to an activating group) is 1. The Morgan fingerprint density at radius 3 is 2.65 bits per heavy atom. The van der Waals surface area contributed by atoms with Gasteiger partial charge in [-0.25, -0.2) is 0 Å². The zero-order chi connectivity index (χ0) is 14.3. The molecule has 1 aromatic heterocycles. The van der Waals surface area contributed by atoms with E-state index in [1.54, 1.807) is 0 Å². The largest absolute Gasteiger partial charge is 0.357 e. The van der Waals surface area contributed by atoms with Crippen LogP contribution < -0.4 is 0 Å². The second-order valence-corrected chi connectivity index (χ2v) is 5.79. The number of benzene rings is 1. The van der Waals surface area contributed by atoms with Gasteiger partial charge in [0.05, 0.1) is 16.1 Å². The molecule has 0 bridgehead atoms. The molecule has 1 aliphatic heterocycles. The van der Waals surface area contributed by atoms with E-state index in [1.165, 1.54) is 0 Å². The average molecular weight is 292 g/mol. The first kappa shape index (κ1) is 13.5. The molecule has 2 aromatic rings. The van der Waals surface area contributed by atoms with E-state index < -0.39 is 0 Å². The molecule has 2 heterocycles. The number of nitrogens with zero attached hydrogens (tertiary/aromatic N) is 2. The third-order valence-electron chi connectivity index (χ3n) is 3.97. The van der Waals surface area contributed by atoms with E-state index in [0.29, 0.717) is 5.02 Å². The molecular weight excluding hydrogens is 274 g/mol. The number of H-pyrrole nitrogens is 1. The van der Waals surface area contributed by atoms with Crippen LogP contribution in [0.15, 0.2) is 18.2 Å². The standard InChI is InChI=1S/C15H18ClN3O/c1-10-13(11-4-3-5-12(16)14(11)17-10)15(20)19-8-6-18(2)7-9-19/h3-5,17H,6-9H2,1-2H3. The lowest BCUT2D eigenvalue weighted by atomic mass is 10.1. The molecule has 1 aromatic carbocycles. The first-order chi connectivity index (χ1) is 9.58. The Labute approximate surface area is 123 Å². The Hall–Kier alpha value is -1.52. The molecule has 0 radical (unpaired) electrons. The van der Waals surface area contributed by atoms with Gasteiger partial charge in [-0.05, 0) is 20.0 Å². The summed E-state index contributed by atoms with van der Waals surface area (Å²) in [6, 6.07) is 5.68. The molecule has 0 aliphatic carbocycles. The lowest BCUT2D eigenvalue weighted by Crippen LogP contribution is -2.47. The first-order valence-electron chi connectivity index (χ1n) is 6.82. The summed E-state index contributed by atoms with van der Waals surface area (Å²) >= 11 is 6.19. The van der Waals surface area contributed by atoms with Gasteiger partial charge in [0.25, 0.3) is 5.91 Å². The lowest BCUT2D eigenvalue weighted by molar-refractivity contribution is 0.0665. The summed E-state index contributed by atoms with van der Waals surface area (Å²) in [4.78, 5) is 20.2. The summed E-state index contributed by atoms with van der Waals surface area (Å²) in [5, 5.41) is 1.57. The van der Waals surface area contributed by atoms with E-state index in [1.807, 2.05) is 30.0 Å². The van der Waals surface area contributed by atoms with Crippen molar-refractivity contribution in [3.8, 4) is 0 Å². The number of hydrogen-bond acceptors (Lipinski definition) is 2. The summed E-state index contributed by atoms with van der Waals surface area (Å²) in [6.07, 6.45) is 0. The quantitative estimate of drug-likeness (QED) is 0.877. The Balaban J connectivity index is 1.99. The van der Waals surface area contributed by atoms with Crippen molar-refractivity contribution in [2.75, 3.05) is 33.2 Å². The Kier molecular flexibility index (Phi) is 3.44. The smallest absolute Gasteiger partial charge is 0.256 e. The summed E-state index contributed by atoms with van der Waals surface area (Å²) in [5.41, 5.74) is 2.49. The summed E-state index contributed by atoms with van der Waals surface area (Å²) < 4.78 is 0. The van der Waals surface area contributed by atoms with Crippen molar-refractivity contribution >= 4 is 28.4 Å². The molecule has 4 nitrogen and oxygen atoms in total. The molecule has 1 saturated heterocycles. The van der Waals surface area contributed by atoms with Crippen LogP contribution in [0.1, 0.15) is 16.1 Å². The number of aromatic nitrogens is 1. The summed E-state index contributed by atoms with van der Waals surface area (Å²) in [5.74, 6) is 0.101. The van der Waals surface area contributed by atoms with Crippen molar-refractivity contribution in [2.24, 2.45) is 0 Å². The monoisotopic (exact) mass is 291 g/mol. The maximum atomic E-state index is 12.8. The van der Waals surface area contributed by atoms with Gasteiger partial charge < -0.3 is 14.8 Å². The van der Waals surface area contributed by atoms with Crippen molar-refractivity contribution in [1.29, 1.82) is 0 Å². The van der Waals surface area contributed by atoms with Gasteiger partial charge in [-0.1, -0.05) is 23.7 Å². The Morgan fingerprint density at radius 2 is 1.95 bits per heavy atom. The molecule has 0 atom stereocenters. The van der Waals surface area contributed by atoms with Crippen LogP contribution in [0.5, 0.6) is 0 Å². The minimum Gasteiger partial charge on any atom is -0.357 e. The fourth-order valence-corrected chi connectivity index (χ4v) is 2.98. The number of halogens is 1. The van der Waals surface area contributed by atoms with Gasteiger partial charge in [-0.3, -0.25) is 4.79 Å². The second-order valence-electron chi connectivity index (χ2n) is 5.38. The Morgan fingerprint density at radius 1 is 1.25 bits per heavy atom. The highest BCUT2D eigenvalue weighted by Gasteiger charge is 2.24. The van der Waals surface area contributed by atoms with Crippen LogP contribution in [0.3, 0.4) is 0 Å². The molecular formula is C15H18ClN3O. The molecule has 0 unspecified atom stereocenters. The lowest BCUT2D eigenvalue weighted by Gasteiger charge is -2.32. The second kappa shape index (κ2) is 5.11. The molecule has 1 N–H and O–H groups in total. The molecule has 5 heteroatoms. The van der Waals surface area contributed by atoms with Crippen LogP contribution in [-0.2, 0) is 0 Å². The predicted octanol–water partition coefficient (Wildman–Crippen LogP) is 2.52. The van der Waals surface area contributed by atoms with Gasteiger partial charge in [-0.15, -0.1) is 0 Å². The number of aromatic amines is 1. The highest BCUT2D eigenvalue weighted by molar-refractivity contribution is 6.35. The molecule has 106 valence electrons. The van der Waals surface area contributed by atoms with Crippen LogP contribution in [0, 0.1) is 6.92 Å². The van der Waals surface area contributed by atoms with Crippen LogP contribution in [0.2, 0.25) is 5.02 Å². The number of aryl methyl sites for hydroxylation is 1. The molecule has 0 spiro atoms. The zero-order valence-corrected chi connectivity index (χ0v) is 12.5. The number of rotatable bonds is 1. The van der Waals surface area contributed by atoms with E-state index in [4.69, 9.17) is 11.6 Å². The first-order valence-corrected chi connectivity index (χ1v) is 7.20. The molecule has 1 amide bonds. The van der Waals surface area contributed by atoms with E-state index in [0.717, 1.165) is 48.3 Å². The normalized spacial score (nSPS) is 16.9. The van der Waals surface area contributed by atoms with Gasteiger partial charge >= 0.3 is 0 Å². The third kappa shape index (κ3) is 2.19. The van der Waals surface area contributed by atoms with Crippen LogP contribution >= 0.6 is 11.6 Å². The van der Waals surface area contributed by atoms with E-state index >= 15 is 0 Å². The number of carbonyl (C=O) groups excluding carboxylic acids is 1. The maximum absolute atomic E-state index is 12.8. The number of carbonyl (C=O) groups is 1. The van der Waals surface area contributed by atoms with Crippen LogP contribution in [0.4, 0.5) is 0 Å². The molecule has 0 saturated carbocycles. The van der Waals surface area contributed by atoms with Crippen molar-refractivity contribution in [1.82, 2.24) is 14.8 Å². The summed E-state index contributed by atoms with van der Waals surface area (Å²) in [7, 11) is 2.08. The number of piperazine rings is 1. The predicted molar refractivity (Wildman–Crippen MR) is 81.4 cm³/mol. The zero-order valence-electron chi connectivity index (χ0n) is 11.7. The highest BCUT2D eigenvalue weighted by Crippen LogP contribution is 2.28. The fraction of sp³-hybridized carbons (Fsp3) is 0.400. The minimum absolute atomic E-state index is 0.101. The van der Waals surface area contributed by atoms with Gasteiger partial charge in [0.15, 0.2) is 0 Å². The van der Waals surface area contributed by atoms with E-state index in [9.17, 15) is 4.79 Å². The molecule has 20 heavy (non-hydrogen) atoms. The van der Waals surface area contributed by atoms with Crippen molar-refractivity contribution in [2.45, 2.75) is 6.92 Å². The SMILES string of the molecule is Cc1[nH]c2c(Cl)cccc2c1C(=O)N1CCN(C)CC1. The average Bonchev–Trinajstić information content (AvgIpc) is 2.77. The number of fused-ring (bicyclic) bond motifs is 1. The van der Waals surface area contributed by atoms with E-state index in [2.05, 4.69) is 16.9 Å². The number of nitrogens with one attached hydrogen (secondary N) is 1. The number of hydrogen-bond donors (Lipinski definition) is 1. The van der Waals surface area contributed by atoms with Crippen molar-refractivity contribution in [3.05, 3.63) is 34.5 Å². The third-order valence-corrected chi connectivity index (χ3v) is 4.29. The fourth-order valence-electron chi connectivity index (χ4n) is 2.75. The van der Waals surface area contributed by atoms with Gasteiger partial charge in [0, 0.05) is 37.3 Å². The topological polar surface area (TPSA) is 39.3 Å². The summed E-state index contributed by atoms with van der Waals surface area (Å²) in [6.45, 7) is 5.34. The van der Waals surface area contributed by atoms with Crippen LogP contribution in [-0.4, -0.2) is 53.9 Å². The van der Waals surface area contributed by atoms with Crippen LogP contribution in [0.25, 0.3) is 10.9 Å².